The van der Waals surface area contributed by atoms with Crippen molar-refractivity contribution in [2.45, 2.75) is 26.8 Å². The fraction of sp³-hybridized carbons (Fsp3) is 0.294. The number of nitrogens with two attached hydrogens (primary N) is 1. The van der Waals surface area contributed by atoms with E-state index in [1.165, 1.54) is 11.1 Å². The Morgan fingerprint density at radius 1 is 1.24 bits per heavy atom. The van der Waals surface area contributed by atoms with Gasteiger partial charge < -0.3 is 10.3 Å². The fourth-order valence-corrected chi connectivity index (χ4v) is 2.60. The molecule has 108 valence electrons. The third kappa shape index (κ3) is 2.32. The molecule has 2 N–H and O–H groups in total. The molecular weight excluding hydrogens is 260 g/mol. The van der Waals surface area contributed by atoms with Crippen LogP contribution in [-0.4, -0.2) is 21.1 Å². The molecule has 3 rings (SSSR count). The molecular formula is C17H20N4. The highest BCUT2D eigenvalue weighted by molar-refractivity contribution is 5.82. The van der Waals surface area contributed by atoms with Crippen LogP contribution in [0.4, 0.5) is 0 Å². The highest BCUT2D eigenvalue weighted by Gasteiger charge is 2.17. The Balaban J connectivity index is 2.33. The minimum absolute atomic E-state index is 0.187. The molecule has 0 amide bonds. The molecule has 0 saturated heterocycles. The lowest BCUT2D eigenvalue weighted by atomic mass is 10.1. The summed E-state index contributed by atoms with van der Waals surface area (Å²) >= 11 is 0. The SMILES string of the molecule is Cc1cc2nc(-c3cccnc3)n(C(C)CN)c2cc1C. The van der Waals surface area contributed by atoms with Gasteiger partial charge in [0.15, 0.2) is 0 Å². The van der Waals surface area contributed by atoms with E-state index in [2.05, 4.69) is 42.5 Å². The highest BCUT2D eigenvalue weighted by atomic mass is 15.1. The van der Waals surface area contributed by atoms with Crippen LogP contribution in [-0.2, 0) is 0 Å². The van der Waals surface area contributed by atoms with Gasteiger partial charge in [0.05, 0.1) is 11.0 Å². The van der Waals surface area contributed by atoms with E-state index in [0.717, 1.165) is 22.4 Å². The van der Waals surface area contributed by atoms with E-state index < -0.39 is 0 Å². The van der Waals surface area contributed by atoms with E-state index in [4.69, 9.17) is 10.7 Å². The molecule has 21 heavy (non-hydrogen) atoms. The summed E-state index contributed by atoms with van der Waals surface area (Å²) in [5.41, 5.74) is 11.6. The van der Waals surface area contributed by atoms with E-state index in [-0.39, 0.29) is 6.04 Å². The number of nitrogens with zero attached hydrogens (tertiary/aromatic N) is 3. The molecule has 0 radical (unpaired) electrons. The Morgan fingerprint density at radius 3 is 2.67 bits per heavy atom. The van der Waals surface area contributed by atoms with Crippen molar-refractivity contribution >= 4 is 11.0 Å². The van der Waals surface area contributed by atoms with Gasteiger partial charge in [0, 0.05) is 30.5 Å². The van der Waals surface area contributed by atoms with Crippen molar-refractivity contribution in [3.8, 4) is 11.4 Å². The Bertz CT molecular complexity index is 774. The summed E-state index contributed by atoms with van der Waals surface area (Å²) in [7, 11) is 0. The van der Waals surface area contributed by atoms with Crippen LogP contribution >= 0.6 is 0 Å². The highest BCUT2D eigenvalue weighted by Crippen LogP contribution is 2.29. The molecule has 4 nitrogen and oxygen atoms in total. The monoisotopic (exact) mass is 280 g/mol. The zero-order valence-corrected chi connectivity index (χ0v) is 12.7. The molecule has 1 atom stereocenters. The Morgan fingerprint density at radius 2 is 2.00 bits per heavy atom. The first-order chi connectivity index (χ1) is 10.1. The van der Waals surface area contributed by atoms with E-state index in [0.29, 0.717) is 6.54 Å². The second-order valence-electron chi connectivity index (χ2n) is 5.56. The minimum atomic E-state index is 0.187. The summed E-state index contributed by atoms with van der Waals surface area (Å²) in [6, 6.07) is 8.50. The molecule has 0 aliphatic rings. The summed E-state index contributed by atoms with van der Waals surface area (Å²) in [4.78, 5) is 9.03. The molecule has 0 spiro atoms. The maximum absolute atomic E-state index is 5.90. The number of aryl methyl sites for hydroxylation is 2. The van der Waals surface area contributed by atoms with Crippen molar-refractivity contribution in [3.05, 3.63) is 47.8 Å². The van der Waals surface area contributed by atoms with Gasteiger partial charge in [-0.1, -0.05) is 0 Å². The van der Waals surface area contributed by atoms with Crippen LogP contribution in [0, 0.1) is 13.8 Å². The van der Waals surface area contributed by atoms with Gasteiger partial charge >= 0.3 is 0 Å². The molecule has 0 fully saturated rings. The molecule has 0 bridgehead atoms. The molecule has 1 unspecified atom stereocenters. The standard InChI is InChI=1S/C17H20N4/c1-11-7-15-16(8-12(11)2)21(13(3)9-18)17(20-15)14-5-4-6-19-10-14/h4-8,10,13H,9,18H2,1-3H3. The fourth-order valence-electron chi connectivity index (χ4n) is 2.60. The topological polar surface area (TPSA) is 56.7 Å². The van der Waals surface area contributed by atoms with Gasteiger partial charge in [-0.05, 0) is 56.2 Å². The number of hydrogen-bond acceptors (Lipinski definition) is 3. The van der Waals surface area contributed by atoms with Gasteiger partial charge in [0.2, 0.25) is 0 Å². The molecule has 1 aromatic carbocycles. The van der Waals surface area contributed by atoms with Crippen LogP contribution in [0.3, 0.4) is 0 Å². The average Bonchev–Trinajstić information content (AvgIpc) is 2.86. The lowest BCUT2D eigenvalue weighted by Gasteiger charge is -2.16. The first kappa shape index (κ1) is 13.8. The Kier molecular flexibility index (Phi) is 3.47. The van der Waals surface area contributed by atoms with Gasteiger partial charge in [-0.15, -0.1) is 0 Å². The maximum Gasteiger partial charge on any atom is 0.142 e. The van der Waals surface area contributed by atoms with Crippen LogP contribution in [0.15, 0.2) is 36.7 Å². The summed E-state index contributed by atoms with van der Waals surface area (Å²) in [5.74, 6) is 0.932. The van der Waals surface area contributed by atoms with Crippen LogP contribution in [0.2, 0.25) is 0 Å². The smallest absolute Gasteiger partial charge is 0.142 e. The molecule has 0 aliphatic heterocycles. The molecule has 0 aliphatic carbocycles. The summed E-state index contributed by atoms with van der Waals surface area (Å²) < 4.78 is 2.22. The Hall–Kier alpha value is -2.20. The molecule has 0 saturated carbocycles. The molecule has 4 heteroatoms. The molecule has 2 heterocycles. The van der Waals surface area contributed by atoms with Crippen molar-refractivity contribution in [2.24, 2.45) is 5.73 Å². The number of imidazole rings is 1. The van der Waals surface area contributed by atoms with Crippen LogP contribution in [0.25, 0.3) is 22.4 Å². The van der Waals surface area contributed by atoms with Gasteiger partial charge in [0.1, 0.15) is 5.82 Å². The number of rotatable bonds is 3. The normalized spacial score (nSPS) is 12.8. The van der Waals surface area contributed by atoms with Crippen molar-refractivity contribution in [1.82, 2.24) is 14.5 Å². The van der Waals surface area contributed by atoms with Crippen LogP contribution in [0.1, 0.15) is 24.1 Å². The van der Waals surface area contributed by atoms with Crippen molar-refractivity contribution < 1.29 is 0 Å². The number of hydrogen-bond donors (Lipinski definition) is 1. The predicted octanol–water partition coefficient (Wildman–Crippen LogP) is 3.23. The summed E-state index contributed by atoms with van der Waals surface area (Å²) in [5, 5.41) is 0. The summed E-state index contributed by atoms with van der Waals surface area (Å²) in [6.45, 7) is 6.94. The van der Waals surface area contributed by atoms with Crippen LogP contribution in [0.5, 0.6) is 0 Å². The van der Waals surface area contributed by atoms with E-state index in [1.807, 2.05) is 18.3 Å². The van der Waals surface area contributed by atoms with Gasteiger partial charge in [-0.2, -0.15) is 0 Å². The third-order valence-corrected chi connectivity index (χ3v) is 4.01. The predicted molar refractivity (Wildman–Crippen MR) is 86.2 cm³/mol. The molecule has 3 aromatic rings. The first-order valence-corrected chi connectivity index (χ1v) is 7.21. The number of fused-ring (bicyclic) bond motifs is 1. The van der Waals surface area contributed by atoms with Gasteiger partial charge in [-0.25, -0.2) is 4.98 Å². The quantitative estimate of drug-likeness (QED) is 0.801. The van der Waals surface area contributed by atoms with Crippen molar-refractivity contribution in [1.29, 1.82) is 0 Å². The first-order valence-electron chi connectivity index (χ1n) is 7.21. The number of pyridine rings is 1. The van der Waals surface area contributed by atoms with Crippen molar-refractivity contribution in [2.75, 3.05) is 6.54 Å². The number of aromatic nitrogens is 3. The second kappa shape index (κ2) is 5.30. The van der Waals surface area contributed by atoms with Crippen LogP contribution < -0.4 is 5.73 Å². The van der Waals surface area contributed by atoms with Gasteiger partial charge in [-0.3, -0.25) is 4.98 Å². The Labute approximate surface area is 124 Å². The zero-order valence-electron chi connectivity index (χ0n) is 12.7. The van der Waals surface area contributed by atoms with E-state index in [1.54, 1.807) is 6.20 Å². The molecule has 2 aromatic heterocycles. The zero-order chi connectivity index (χ0) is 15.0. The van der Waals surface area contributed by atoms with E-state index in [9.17, 15) is 0 Å². The maximum atomic E-state index is 5.90. The van der Waals surface area contributed by atoms with E-state index >= 15 is 0 Å². The minimum Gasteiger partial charge on any atom is -0.328 e. The average molecular weight is 280 g/mol. The third-order valence-electron chi connectivity index (χ3n) is 4.01. The number of benzene rings is 1. The van der Waals surface area contributed by atoms with Gasteiger partial charge in [0.25, 0.3) is 0 Å². The largest absolute Gasteiger partial charge is 0.328 e. The van der Waals surface area contributed by atoms with Crippen molar-refractivity contribution in [3.63, 3.8) is 0 Å². The second-order valence-corrected chi connectivity index (χ2v) is 5.56. The lowest BCUT2D eigenvalue weighted by Crippen LogP contribution is -2.17. The lowest BCUT2D eigenvalue weighted by molar-refractivity contribution is 0.578. The summed E-state index contributed by atoms with van der Waals surface area (Å²) in [6.07, 6.45) is 3.62.